The van der Waals surface area contributed by atoms with E-state index in [0.29, 0.717) is 22.2 Å². The highest BCUT2D eigenvalue weighted by molar-refractivity contribution is 7.19. The molecule has 0 unspecified atom stereocenters. The third-order valence-electron chi connectivity index (χ3n) is 4.93. The minimum absolute atomic E-state index is 0.137. The minimum atomic E-state index is -0.137. The zero-order valence-electron chi connectivity index (χ0n) is 15.3. The Hall–Kier alpha value is -2.18. The van der Waals surface area contributed by atoms with Crippen LogP contribution in [0.4, 0.5) is 11.5 Å². The standard InChI is InChI=1S/C20H21ClN4OS/c1-12-4-3-9-25(10-12)18-17-16(13(2)27-20(17)23-11-22-18)19(26)24-15-7-5-14(21)6-8-15/h5-8,11-12H,3-4,9-10H2,1-2H3,(H,24,26)/t12-/m1/s1. The quantitative estimate of drug-likeness (QED) is 0.661. The summed E-state index contributed by atoms with van der Waals surface area (Å²) >= 11 is 7.48. The van der Waals surface area contributed by atoms with Gasteiger partial charge in [0.05, 0.1) is 10.9 Å². The summed E-state index contributed by atoms with van der Waals surface area (Å²) in [5, 5.41) is 4.48. The van der Waals surface area contributed by atoms with Gasteiger partial charge in [0.15, 0.2) is 0 Å². The molecular weight excluding hydrogens is 380 g/mol. The van der Waals surface area contributed by atoms with E-state index in [4.69, 9.17) is 11.6 Å². The Labute approximate surface area is 167 Å². The summed E-state index contributed by atoms with van der Waals surface area (Å²) in [6, 6.07) is 7.13. The molecule has 1 fully saturated rings. The Morgan fingerprint density at radius 1 is 1.30 bits per heavy atom. The molecule has 7 heteroatoms. The molecule has 0 spiro atoms. The number of hydrogen-bond donors (Lipinski definition) is 1. The number of amides is 1. The van der Waals surface area contributed by atoms with Crippen molar-refractivity contribution in [3.8, 4) is 0 Å². The van der Waals surface area contributed by atoms with Crippen LogP contribution in [0.5, 0.6) is 0 Å². The molecule has 1 amide bonds. The highest BCUT2D eigenvalue weighted by atomic mass is 35.5. The fourth-order valence-corrected chi connectivity index (χ4v) is 4.76. The molecule has 5 nitrogen and oxygen atoms in total. The van der Waals surface area contributed by atoms with Crippen molar-refractivity contribution in [1.29, 1.82) is 0 Å². The van der Waals surface area contributed by atoms with Gasteiger partial charge in [-0.1, -0.05) is 18.5 Å². The molecule has 0 aliphatic carbocycles. The van der Waals surface area contributed by atoms with Crippen LogP contribution in [-0.2, 0) is 0 Å². The number of anilines is 2. The summed E-state index contributed by atoms with van der Waals surface area (Å²) in [7, 11) is 0. The molecule has 1 saturated heterocycles. The van der Waals surface area contributed by atoms with E-state index in [2.05, 4.69) is 27.1 Å². The van der Waals surface area contributed by atoms with Gasteiger partial charge in [-0.2, -0.15) is 0 Å². The topological polar surface area (TPSA) is 58.1 Å². The van der Waals surface area contributed by atoms with E-state index in [1.54, 1.807) is 30.6 Å². The van der Waals surface area contributed by atoms with Gasteiger partial charge in [0.1, 0.15) is 17.0 Å². The van der Waals surface area contributed by atoms with Crippen LogP contribution in [0.25, 0.3) is 10.2 Å². The summed E-state index contributed by atoms with van der Waals surface area (Å²) in [4.78, 5) is 26.2. The van der Waals surface area contributed by atoms with Gasteiger partial charge in [0.2, 0.25) is 0 Å². The normalized spacial score (nSPS) is 17.3. The minimum Gasteiger partial charge on any atom is -0.356 e. The number of nitrogens with zero attached hydrogens (tertiary/aromatic N) is 3. The fourth-order valence-electron chi connectivity index (χ4n) is 3.65. The summed E-state index contributed by atoms with van der Waals surface area (Å²) in [6.45, 7) is 6.14. The molecule has 27 heavy (non-hydrogen) atoms. The average Bonchev–Trinajstić information content (AvgIpc) is 2.99. The van der Waals surface area contributed by atoms with Gasteiger partial charge in [-0.25, -0.2) is 9.97 Å². The Bertz CT molecular complexity index is 986. The van der Waals surface area contributed by atoms with E-state index in [1.165, 1.54) is 17.8 Å². The second-order valence-electron chi connectivity index (χ2n) is 7.07. The smallest absolute Gasteiger partial charge is 0.257 e. The number of halogens is 1. The Kier molecular flexibility index (Phi) is 5.02. The lowest BCUT2D eigenvalue weighted by Crippen LogP contribution is -2.35. The van der Waals surface area contributed by atoms with Crippen molar-refractivity contribution >= 4 is 50.6 Å². The third kappa shape index (κ3) is 3.64. The number of aromatic nitrogens is 2. The number of benzene rings is 1. The van der Waals surface area contributed by atoms with Crippen LogP contribution in [0.2, 0.25) is 5.02 Å². The van der Waals surface area contributed by atoms with Crippen molar-refractivity contribution in [3.05, 3.63) is 46.1 Å². The van der Waals surface area contributed by atoms with Crippen LogP contribution in [0.1, 0.15) is 35.0 Å². The number of rotatable bonds is 3. The lowest BCUT2D eigenvalue weighted by Gasteiger charge is -2.32. The molecule has 3 aromatic rings. The molecule has 1 N–H and O–H groups in total. The summed E-state index contributed by atoms with van der Waals surface area (Å²) in [5.74, 6) is 1.36. The lowest BCUT2D eigenvalue weighted by atomic mass is 10.00. The van der Waals surface area contributed by atoms with Crippen molar-refractivity contribution in [2.75, 3.05) is 23.3 Å². The highest BCUT2D eigenvalue weighted by Gasteiger charge is 2.25. The van der Waals surface area contributed by atoms with Gasteiger partial charge in [0.25, 0.3) is 5.91 Å². The monoisotopic (exact) mass is 400 g/mol. The Morgan fingerprint density at radius 3 is 2.81 bits per heavy atom. The lowest BCUT2D eigenvalue weighted by molar-refractivity contribution is 0.102. The predicted molar refractivity (Wildman–Crippen MR) is 112 cm³/mol. The van der Waals surface area contributed by atoms with E-state index in [1.807, 2.05) is 6.92 Å². The average molecular weight is 401 g/mol. The van der Waals surface area contributed by atoms with Crippen molar-refractivity contribution in [1.82, 2.24) is 9.97 Å². The van der Waals surface area contributed by atoms with Gasteiger partial charge in [-0.15, -0.1) is 11.3 Å². The molecule has 1 aliphatic rings. The first-order chi connectivity index (χ1) is 13.0. The molecule has 1 aliphatic heterocycles. The molecule has 140 valence electrons. The third-order valence-corrected chi connectivity index (χ3v) is 6.20. The van der Waals surface area contributed by atoms with Crippen LogP contribution < -0.4 is 10.2 Å². The Morgan fingerprint density at radius 2 is 2.07 bits per heavy atom. The number of nitrogens with one attached hydrogen (secondary N) is 1. The van der Waals surface area contributed by atoms with Crippen LogP contribution >= 0.6 is 22.9 Å². The van der Waals surface area contributed by atoms with Crippen molar-refractivity contribution in [2.24, 2.45) is 5.92 Å². The van der Waals surface area contributed by atoms with Crippen LogP contribution in [0.15, 0.2) is 30.6 Å². The Balaban J connectivity index is 1.74. The maximum Gasteiger partial charge on any atom is 0.257 e. The molecule has 2 aromatic heterocycles. The molecule has 0 radical (unpaired) electrons. The first-order valence-electron chi connectivity index (χ1n) is 9.09. The number of piperidine rings is 1. The summed E-state index contributed by atoms with van der Waals surface area (Å²) < 4.78 is 0. The first kappa shape index (κ1) is 18.2. The number of thiophene rings is 1. The summed E-state index contributed by atoms with van der Waals surface area (Å²) in [5.41, 5.74) is 1.38. The van der Waals surface area contributed by atoms with E-state index in [9.17, 15) is 4.79 Å². The number of carbonyl (C=O) groups excluding carboxylic acids is 1. The molecule has 4 rings (SSSR count). The van der Waals surface area contributed by atoms with E-state index in [-0.39, 0.29) is 5.91 Å². The van der Waals surface area contributed by atoms with Gasteiger partial charge < -0.3 is 10.2 Å². The van der Waals surface area contributed by atoms with Crippen LogP contribution in [-0.4, -0.2) is 29.0 Å². The number of carbonyl (C=O) groups is 1. The molecule has 1 atom stereocenters. The second-order valence-corrected chi connectivity index (χ2v) is 8.70. The first-order valence-corrected chi connectivity index (χ1v) is 10.3. The van der Waals surface area contributed by atoms with Crippen LogP contribution in [0.3, 0.4) is 0 Å². The zero-order chi connectivity index (χ0) is 19.0. The van der Waals surface area contributed by atoms with Gasteiger partial charge >= 0.3 is 0 Å². The van der Waals surface area contributed by atoms with Gasteiger partial charge in [-0.05, 0) is 49.9 Å². The maximum atomic E-state index is 13.1. The fraction of sp³-hybridized carbons (Fsp3) is 0.350. The highest BCUT2D eigenvalue weighted by Crippen LogP contribution is 2.36. The second kappa shape index (κ2) is 7.44. The SMILES string of the molecule is Cc1sc2ncnc(N3CCC[C@@H](C)C3)c2c1C(=O)Nc1ccc(Cl)cc1. The van der Waals surface area contributed by atoms with Crippen molar-refractivity contribution < 1.29 is 4.79 Å². The van der Waals surface area contributed by atoms with Gasteiger partial charge in [-0.3, -0.25) is 4.79 Å². The van der Waals surface area contributed by atoms with E-state index in [0.717, 1.165) is 40.4 Å². The van der Waals surface area contributed by atoms with Crippen molar-refractivity contribution in [3.63, 3.8) is 0 Å². The zero-order valence-corrected chi connectivity index (χ0v) is 16.9. The summed E-state index contributed by atoms with van der Waals surface area (Å²) in [6.07, 6.45) is 3.98. The van der Waals surface area contributed by atoms with E-state index < -0.39 is 0 Å². The number of hydrogen-bond acceptors (Lipinski definition) is 5. The van der Waals surface area contributed by atoms with E-state index >= 15 is 0 Å². The number of aryl methyl sites for hydroxylation is 1. The van der Waals surface area contributed by atoms with Gasteiger partial charge in [0, 0.05) is 28.7 Å². The van der Waals surface area contributed by atoms with Crippen molar-refractivity contribution in [2.45, 2.75) is 26.7 Å². The molecule has 3 heterocycles. The molecule has 0 saturated carbocycles. The molecule has 1 aromatic carbocycles. The van der Waals surface area contributed by atoms with Crippen LogP contribution in [0, 0.1) is 12.8 Å². The largest absolute Gasteiger partial charge is 0.356 e. The number of fused-ring (bicyclic) bond motifs is 1. The predicted octanol–water partition coefficient (Wildman–Crippen LogP) is 5.14. The molecular formula is C20H21ClN4OS. The maximum absolute atomic E-state index is 13.1. The molecule has 0 bridgehead atoms.